The van der Waals surface area contributed by atoms with Crippen molar-refractivity contribution in [2.45, 2.75) is 12.8 Å². The molecule has 0 fully saturated rings. The number of aromatic nitrogens is 1. The Morgan fingerprint density at radius 2 is 1.60 bits per heavy atom. The van der Waals surface area contributed by atoms with Crippen molar-refractivity contribution in [1.82, 2.24) is 4.98 Å². The summed E-state index contributed by atoms with van der Waals surface area (Å²) < 4.78 is 0. The molecule has 1 atom stereocenters. The van der Waals surface area contributed by atoms with Crippen molar-refractivity contribution in [3.05, 3.63) is 95.8 Å². The monoisotopic (exact) mass is 330 g/mol. The van der Waals surface area contributed by atoms with Crippen molar-refractivity contribution in [3.8, 4) is 0 Å². The van der Waals surface area contributed by atoms with Crippen molar-refractivity contribution in [1.29, 1.82) is 0 Å². The second-order valence-corrected chi connectivity index (χ2v) is 5.77. The van der Waals surface area contributed by atoms with Crippen molar-refractivity contribution in [3.63, 3.8) is 0 Å². The smallest absolute Gasteiger partial charge is 0.231 e. The Bertz CT molecular complexity index is 859. The van der Waals surface area contributed by atoms with Gasteiger partial charge in [-0.05, 0) is 36.8 Å². The van der Waals surface area contributed by atoms with Gasteiger partial charge in [-0.2, -0.15) is 0 Å². The van der Waals surface area contributed by atoms with Crippen LogP contribution in [0.2, 0.25) is 0 Å². The average Bonchev–Trinajstić information content (AvgIpc) is 2.68. The standard InChI is InChI=1S/C21H18N2O2/c1-15(21(25)23-19-7-3-2-4-8-19)16-9-11-17(12-10-16)20(24)18-6-5-13-22-14-18/h2-15H,1H3,(H,23,25). The van der Waals surface area contributed by atoms with Crippen molar-refractivity contribution in [2.24, 2.45) is 0 Å². The summed E-state index contributed by atoms with van der Waals surface area (Å²) in [6, 6.07) is 19.9. The Kier molecular flexibility index (Phi) is 5.00. The minimum Gasteiger partial charge on any atom is -0.326 e. The number of carbonyl (C=O) groups is 2. The number of ketones is 1. The molecule has 4 heteroatoms. The number of para-hydroxylation sites is 1. The lowest BCUT2D eigenvalue weighted by Gasteiger charge is -2.13. The summed E-state index contributed by atoms with van der Waals surface area (Å²) in [7, 11) is 0. The van der Waals surface area contributed by atoms with Gasteiger partial charge in [0.15, 0.2) is 5.78 Å². The molecule has 4 nitrogen and oxygen atoms in total. The van der Waals surface area contributed by atoms with Crippen LogP contribution in [0.25, 0.3) is 0 Å². The average molecular weight is 330 g/mol. The van der Waals surface area contributed by atoms with E-state index in [9.17, 15) is 9.59 Å². The predicted molar refractivity (Wildman–Crippen MR) is 97.6 cm³/mol. The van der Waals surface area contributed by atoms with E-state index < -0.39 is 0 Å². The minimum atomic E-state index is -0.317. The summed E-state index contributed by atoms with van der Waals surface area (Å²) in [6.07, 6.45) is 3.18. The Morgan fingerprint density at radius 3 is 2.24 bits per heavy atom. The van der Waals surface area contributed by atoms with E-state index in [1.807, 2.05) is 49.4 Å². The quantitative estimate of drug-likeness (QED) is 0.718. The summed E-state index contributed by atoms with van der Waals surface area (Å²) in [5.74, 6) is -0.485. The van der Waals surface area contributed by atoms with E-state index in [1.165, 1.54) is 0 Å². The molecule has 0 bridgehead atoms. The highest BCUT2D eigenvalue weighted by Gasteiger charge is 2.16. The van der Waals surface area contributed by atoms with Crippen LogP contribution in [-0.4, -0.2) is 16.7 Å². The number of hydrogen-bond acceptors (Lipinski definition) is 3. The third-order valence-electron chi connectivity index (χ3n) is 4.03. The molecule has 1 aromatic heterocycles. The van der Waals surface area contributed by atoms with Gasteiger partial charge >= 0.3 is 0 Å². The van der Waals surface area contributed by atoms with Gasteiger partial charge in [-0.3, -0.25) is 14.6 Å². The Hall–Kier alpha value is -3.27. The fraction of sp³-hybridized carbons (Fsp3) is 0.0952. The number of nitrogens with zero attached hydrogens (tertiary/aromatic N) is 1. The molecular formula is C21H18N2O2. The highest BCUT2D eigenvalue weighted by atomic mass is 16.2. The van der Waals surface area contributed by atoms with Gasteiger partial charge in [0, 0.05) is 29.2 Å². The van der Waals surface area contributed by atoms with E-state index in [2.05, 4.69) is 10.3 Å². The lowest BCUT2D eigenvalue weighted by Crippen LogP contribution is -2.18. The first-order chi connectivity index (χ1) is 12.1. The first-order valence-electron chi connectivity index (χ1n) is 8.06. The Labute approximate surface area is 146 Å². The molecule has 0 aliphatic heterocycles. The van der Waals surface area contributed by atoms with Gasteiger partial charge in [-0.25, -0.2) is 0 Å². The van der Waals surface area contributed by atoms with Crippen LogP contribution in [0.1, 0.15) is 34.3 Å². The number of anilines is 1. The Balaban J connectivity index is 1.71. The molecule has 2 aromatic carbocycles. The second-order valence-electron chi connectivity index (χ2n) is 5.77. The fourth-order valence-corrected chi connectivity index (χ4v) is 2.51. The van der Waals surface area contributed by atoms with Gasteiger partial charge in [-0.15, -0.1) is 0 Å². The van der Waals surface area contributed by atoms with Crippen LogP contribution in [0.4, 0.5) is 5.69 Å². The molecule has 1 N–H and O–H groups in total. The molecule has 0 saturated heterocycles. The van der Waals surface area contributed by atoms with Crippen molar-refractivity contribution in [2.75, 3.05) is 5.32 Å². The zero-order chi connectivity index (χ0) is 17.6. The van der Waals surface area contributed by atoms with Crippen LogP contribution in [0.3, 0.4) is 0 Å². The third-order valence-corrected chi connectivity index (χ3v) is 4.03. The van der Waals surface area contributed by atoms with Crippen LogP contribution in [-0.2, 0) is 4.79 Å². The van der Waals surface area contributed by atoms with Crippen LogP contribution < -0.4 is 5.32 Å². The van der Waals surface area contributed by atoms with E-state index in [4.69, 9.17) is 0 Å². The fourth-order valence-electron chi connectivity index (χ4n) is 2.51. The molecule has 3 aromatic rings. The molecule has 0 radical (unpaired) electrons. The van der Waals surface area contributed by atoms with E-state index in [0.29, 0.717) is 11.1 Å². The first kappa shape index (κ1) is 16.6. The lowest BCUT2D eigenvalue weighted by molar-refractivity contribution is -0.117. The number of nitrogens with one attached hydrogen (secondary N) is 1. The molecule has 1 unspecified atom stereocenters. The van der Waals surface area contributed by atoms with Crippen molar-refractivity contribution < 1.29 is 9.59 Å². The van der Waals surface area contributed by atoms with Gasteiger partial charge in [0.25, 0.3) is 0 Å². The van der Waals surface area contributed by atoms with Crippen LogP contribution in [0.5, 0.6) is 0 Å². The normalized spacial score (nSPS) is 11.6. The van der Waals surface area contributed by atoms with E-state index in [-0.39, 0.29) is 17.6 Å². The largest absolute Gasteiger partial charge is 0.326 e. The molecule has 0 aliphatic rings. The molecule has 1 heterocycles. The number of benzene rings is 2. The van der Waals surface area contributed by atoms with Crippen molar-refractivity contribution >= 4 is 17.4 Å². The minimum absolute atomic E-state index is 0.0824. The van der Waals surface area contributed by atoms with Gasteiger partial charge in [0.1, 0.15) is 0 Å². The summed E-state index contributed by atoms with van der Waals surface area (Å²) in [5, 5.41) is 2.89. The van der Waals surface area contributed by atoms with Crippen LogP contribution >= 0.6 is 0 Å². The highest BCUT2D eigenvalue weighted by molar-refractivity contribution is 6.08. The molecular weight excluding hydrogens is 312 g/mol. The molecule has 3 rings (SSSR count). The van der Waals surface area contributed by atoms with Crippen LogP contribution in [0, 0.1) is 0 Å². The summed E-state index contributed by atoms with van der Waals surface area (Å²) in [4.78, 5) is 28.7. The number of rotatable bonds is 5. The first-order valence-corrected chi connectivity index (χ1v) is 8.06. The predicted octanol–water partition coefficient (Wildman–Crippen LogP) is 4.05. The Morgan fingerprint density at radius 1 is 0.880 bits per heavy atom. The van der Waals surface area contributed by atoms with Gasteiger partial charge in [0.05, 0.1) is 5.92 Å². The SMILES string of the molecule is CC(C(=O)Nc1ccccc1)c1ccc(C(=O)c2cccnc2)cc1. The topological polar surface area (TPSA) is 59.1 Å². The van der Waals surface area contributed by atoms with E-state index in [0.717, 1.165) is 11.3 Å². The molecule has 124 valence electrons. The van der Waals surface area contributed by atoms with E-state index in [1.54, 1.807) is 36.7 Å². The number of carbonyl (C=O) groups excluding carboxylic acids is 2. The number of amides is 1. The zero-order valence-corrected chi connectivity index (χ0v) is 13.8. The van der Waals surface area contributed by atoms with Crippen LogP contribution in [0.15, 0.2) is 79.1 Å². The highest BCUT2D eigenvalue weighted by Crippen LogP contribution is 2.19. The summed E-state index contributed by atoms with van der Waals surface area (Å²) in [6.45, 7) is 1.84. The van der Waals surface area contributed by atoms with E-state index >= 15 is 0 Å². The maximum atomic E-state index is 12.4. The third kappa shape index (κ3) is 3.98. The number of hydrogen-bond donors (Lipinski definition) is 1. The summed E-state index contributed by atoms with van der Waals surface area (Å²) >= 11 is 0. The molecule has 0 aliphatic carbocycles. The molecule has 1 amide bonds. The van der Waals surface area contributed by atoms with Gasteiger partial charge in [0.2, 0.25) is 5.91 Å². The maximum absolute atomic E-state index is 12.4. The number of pyridine rings is 1. The zero-order valence-electron chi connectivity index (χ0n) is 13.8. The lowest BCUT2D eigenvalue weighted by atomic mass is 9.96. The summed E-state index contributed by atoms with van der Waals surface area (Å²) in [5.41, 5.74) is 2.75. The second kappa shape index (κ2) is 7.53. The molecule has 0 saturated carbocycles. The maximum Gasteiger partial charge on any atom is 0.231 e. The van der Waals surface area contributed by atoms with Gasteiger partial charge < -0.3 is 5.32 Å². The molecule has 0 spiro atoms. The van der Waals surface area contributed by atoms with Gasteiger partial charge in [-0.1, -0.05) is 42.5 Å². The molecule has 25 heavy (non-hydrogen) atoms.